The highest BCUT2D eigenvalue weighted by Gasteiger charge is 2.18. The monoisotopic (exact) mass is 395 g/mol. The molecule has 1 fully saturated rings. The van der Waals surface area contributed by atoms with Gasteiger partial charge in [-0.05, 0) is 39.3 Å². The minimum atomic E-state index is 0.0317. The molecule has 28 heavy (non-hydrogen) atoms. The van der Waals surface area contributed by atoms with Gasteiger partial charge in [0.05, 0.1) is 0 Å². The van der Waals surface area contributed by atoms with Crippen molar-refractivity contribution in [2.45, 2.75) is 135 Å². The Bertz CT molecular complexity index is 358. The fourth-order valence-corrected chi connectivity index (χ4v) is 4.21. The molecule has 0 aromatic rings. The minimum absolute atomic E-state index is 0.0317. The highest BCUT2D eigenvalue weighted by molar-refractivity contribution is 5.69. The van der Waals surface area contributed by atoms with E-state index in [0.29, 0.717) is 6.42 Å². The SMILES string of the molecule is CCCCCCCCCCCCCCCCCC(=O)OC1CCCN(C)CC1. The molecule has 1 atom stereocenters. The molecular weight excluding hydrogens is 346 g/mol. The van der Waals surface area contributed by atoms with E-state index >= 15 is 0 Å². The van der Waals surface area contributed by atoms with Crippen molar-refractivity contribution in [3.05, 3.63) is 0 Å². The average molecular weight is 396 g/mol. The van der Waals surface area contributed by atoms with Crippen LogP contribution in [0, 0.1) is 0 Å². The predicted octanol–water partition coefficient (Wildman–Crippen LogP) is 7.28. The van der Waals surface area contributed by atoms with E-state index in [0.717, 1.165) is 38.8 Å². The molecule has 3 heteroatoms. The van der Waals surface area contributed by atoms with Crippen molar-refractivity contribution in [2.24, 2.45) is 0 Å². The number of ether oxygens (including phenoxy) is 1. The lowest BCUT2D eigenvalue weighted by atomic mass is 10.0. The molecule has 1 heterocycles. The van der Waals surface area contributed by atoms with Crippen LogP contribution in [0.1, 0.15) is 129 Å². The third kappa shape index (κ3) is 15.4. The van der Waals surface area contributed by atoms with Crippen LogP contribution >= 0.6 is 0 Å². The Hall–Kier alpha value is -0.570. The maximum Gasteiger partial charge on any atom is 0.306 e. The summed E-state index contributed by atoms with van der Waals surface area (Å²) >= 11 is 0. The fraction of sp³-hybridized carbons (Fsp3) is 0.960. The predicted molar refractivity (Wildman–Crippen MR) is 121 cm³/mol. The van der Waals surface area contributed by atoms with E-state index in [9.17, 15) is 4.79 Å². The van der Waals surface area contributed by atoms with Crippen LogP contribution in [0.5, 0.6) is 0 Å². The molecule has 0 aromatic heterocycles. The molecule has 0 spiro atoms. The Morgan fingerprint density at radius 2 is 1.25 bits per heavy atom. The first-order valence-corrected chi connectivity index (χ1v) is 12.6. The van der Waals surface area contributed by atoms with Crippen LogP contribution in [0.15, 0.2) is 0 Å². The number of esters is 1. The van der Waals surface area contributed by atoms with Gasteiger partial charge in [-0.25, -0.2) is 0 Å². The fourth-order valence-electron chi connectivity index (χ4n) is 4.21. The molecule has 0 bridgehead atoms. The van der Waals surface area contributed by atoms with E-state index in [4.69, 9.17) is 4.74 Å². The molecule has 0 amide bonds. The van der Waals surface area contributed by atoms with E-state index in [2.05, 4.69) is 18.9 Å². The van der Waals surface area contributed by atoms with E-state index < -0.39 is 0 Å². The van der Waals surface area contributed by atoms with Gasteiger partial charge in [-0.2, -0.15) is 0 Å². The lowest BCUT2D eigenvalue weighted by Crippen LogP contribution is -2.22. The molecule has 1 rings (SSSR count). The molecule has 1 saturated heterocycles. The summed E-state index contributed by atoms with van der Waals surface area (Å²) in [5.74, 6) is 0.0317. The van der Waals surface area contributed by atoms with Crippen molar-refractivity contribution < 1.29 is 9.53 Å². The summed E-state index contributed by atoms with van der Waals surface area (Å²) < 4.78 is 5.67. The van der Waals surface area contributed by atoms with Gasteiger partial charge in [0, 0.05) is 13.0 Å². The van der Waals surface area contributed by atoms with Gasteiger partial charge in [-0.3, -0.25) is 4.79 Å². The number of nitrogens with zero attached hydrogens (tertiary/aromatic N) is 1. The summed E-state index contributed by atoms with van der Waals surface area (Å²) in [6, 6.07) is 0. The minimum Gasteiger partial charge on any atom is -0.462 e. The number of unbranched alkanes of at least 4 members (excludes halogenated alkanes) is 14. The van der Waals surface area contributed by atoms with Crippen LogP contribution in [-0.2, 0) is 9.53 Å². The van der Waals surface area contributed by atoms with Crippen molar-refractivity contribution in [1.82, 2.24) is 4.90 Å². The lowest BCUT2D eigenvalue weighted by Gasteiger charge is -2.16. The second kappa shape index (κ2) is 18.5. The van der Waals surface area contributed by atoms with Crippen LogP contribution in [0.2, 0.25) is 0 Å². The quantitative estimate of drug-likeness (QED) is 0.191. The molecular formula is C25H49NO2. The van der Waals surface area contributed by atoms with Gasteiger partial charge in [0.15, 0.2) is 0 Å². The summed E-state index contributed by atoms with van der Waals surface area (Å²) in [6.07, 6.45) is 24.3. The van der Waals surface area contributed by atoms with Gasteiger partial charge < -0.3 is 9.64 Å². The normalized spacial score (nSPS) is 18.1. The Morgan fingerprint density at radius 3 is 1.79 bits per heavy atom. The summed E-state index contributed by atoms with van der Waals surface area (Å²) in [5.41, 5.74) is 0. The maximum absolute atomic E-state index is 12.0. The molecule has 0 saturated carbocycles. The molecule has 3 nitrogen and oxygen atoms in total. The molecule has 1 aliphatic rings. The number of hydrogen-bond donors (Lipinski definition) is 0. The first-order chi connectivity index (χ1) is 13.7. The molecule has 1 unspecified atom stereocenters. The Labute approximate surface area is 176 Å². The second-order valence-electron chi connectivity index (χ2n) is 9.05. The van der Waals surface area contributed by atoms with Gasteiger partial charge >= 0.3 is 5.97 Å². The molecule has 0 N–H and O–H groups in total. The van der Waals surface area contributed by atoms with E-state index in [-0.39, 0.29) is 12.1 Å². The van der Waals surface area contributed by atoms with Gasteiger partial charge in [0.2, 0.25) is 0 Å². The van der Waals surface area contributed by atoms with Gasteiger partial charge in [-0.1, -0.05) is 96.8 Å². The maximum atomic E-state index is 12.0. The highest BCUT2D eigenvalue weighted by atomic mass is 16.5. The van der Waals surface area contributed by atoms with Crippen LogP contribution in [0.4, 0.5) is 0 Å². The first kappa shape index (κ1) is 25.5. The summed E-state index contributed by atoms with van der Waals surface area (Å²) in [5, 5.41) is 0. The van der Waals surface area contributed by atoms with Crippen LogP contribution in [-0.4, -0.2) is 37.1 Å². The standard InChI is InChI=1S/C25H49NO2/c1-3-4-5-6-7-8-9-10-11-12-13-14-15-16-17-20-25(27)28-24-19-18-22-26(2)23-21-24/h24H,3-23H2,1-2H3. The Balaban J connectivity index is 1.79. The largest absolute Gasteiger partial charge is 0.462 e. The second-order valence-corrected chi connectivity index (χ2v) is 9.05. The van der Waals surface area contributed by atoms with E-state index in [1.807, 2.05) is 0 Å². The van der Waals surface area contributed by atoms with E-state index in [1.54, 1.807) is 0 Å². The van der Waals surface area contributed by atoms with Crippen molar-refractivity contribution in [3.8, 4) is 0 Å². The number of carbonyl (C=O) groups is 1. The summed E-state index contributed by atoms with van der Waals surface area (Å²) in [7, 11) is 2.15. The van der Waals surface area contributed by atoms with Crippen molar-refractivity contribution in [3.63, 3.8) is 0 Å². The van der Waals surface area contributed by atoms with Crippen molar-refractivity contribution in [1.29, 1.82) is 0 Å². The first-order valence-electron chi connectivity index (χ1n) is 12.6. The number of carbonyl (C=O) groups excluding carboxylic acids is 1. The van der Waals surface area contributed by atoms with E-state index in [1.165, 1.54) is 89.9 Å². The number of likely N-dealkylation sites (tertiary alicyclic amines) is 1. The Kier molecular flexibility index (Phi) is 16.8. The number of rotatable bonds is 17. The molecule has 166 valence electrons. The van der Waals surface area contributed by atoms with Crippen LogP contribution in [0.3, 0.4) is 0 Å². The zero-order valence-electron chi connectivity index (χ0n) is 19.2. The van der Waals surface area contributed by atoms with Gasteiger partial charge in [0.1, 0.15) is 6.10 Å². The molecule has 0 radical (unpaired) electrons. The average Bonchev–Trinajstić information content (AvgIpc) is 2.89. The third-order valence-electron chi connectivity index (χ3n) is 6.18. The van der Waals surface area contributed by atoms with Gasteiger partial charge in [0.25, 0.3) is 0 Å². The smallest absolute Gasteiger partial charge is 0.306 e. The molecule has 0 aliphatic carbocycles. The van der Waals surface area contributed by atoms with Crippen LogP contribution < -0.4 is 0 Å². The van der Waals surface area contributed by atoms with Gasteiger partial charge in [-0.15, -0.1) is 0 Å². The summed E-state index contributed by atoms with van der Waals surface area (Å²) in [6.45, 7) is 4.47. The molecule has 0 aromatic carbocycles. The zero-order chi connectivity index (χ0) is 20.3. The van der Waals surface area contributed by atoms with Crippen molar-refractivity contribution in [2.75, 3.05) is 20.1 Å². The lowest BCUT2D eigenvalue weighted by molar-refractivity contribution is -0.149. The highest BCUT2D eigenvalue weighted by Crippen LogP contribution is 2.16. The topological polar surface area (TPSA) is 29.5 Å². The molecule has 1 aliphatic heterocycles. The van der Waals surface area contributed by atoms with Crippen LogP contribution in [0.25, 0.3) is 0 Å². The van der Waals surface area contributed by atoms with Crippen molar-refractivity contribution >= 4 is 5.97 Å². The Morgan fingerprint density at radius 1 is 0.750 bits per heavy atom. The zero-order valence-corrected chi connectivity index (χ0v) is 19.2. The number of hydrogen-bond acceptors (Lipinski definition) is 3. The third-order valence-corrected chi connectivity index (χ3v) is 6.18. The summed E-state index contributed by atoms with van der Waals surface area (Å²) in [4.78, 5) is 14.3.